The van der Waals surface area contributed by atoms with Crippen LogP contribution in [0.1, 0.15) is 17.7 Å². The van der Waals surface area contributed by atoms with E-state index >= 15 is 0 Å². The summed E-state index contributed by atoms with van der Waals surface area (Å²) < 4.78 is 38.6. The highest BCUT2D eigenvalue weighted by atomic mass is 19.4. The van der Waals surface area contributed by atoms with Gasteiger partial charge in [0, 0.05) is 22.8 Å². The van der Waals surface area contributed by atoms with Gasteiger partial charge in [0.05, 0.1) is 26.7 Å². The fourth-order valence-corrected chi connectivity index (χ4v) is 4.24. The topological polar surface area (TPSA) is 112 Å². The lowest BCUT2D eigenvalue weighted by atomic mass is 9.97. The van der Waals surface area contributed by atoms with Crippen LogP contribution in [-0.4, -0.2) is 36.9 Å². The lowest BCUT2D eigenvalue weighted by Crippen LogP contribution is -2.85. The van der Waals surface area contributed by atoms with Crippen molar-refractivity contribution < 1.29 is 33.1 Å². The van der Waals surface area contributed by atoms with Gasteiger partial charge in [-0.2, -0.15) is 18.4 Å². The number of rotatable bonds is 9. The fourth-order valence-electron chi connectivity index (χ4n) is 4.24. The Morgan fingerprint density at radius 1 is 1.00 bits per heavy atom. The first kappa shape index (κ1) is 29.9. The minimum Gasteiger partial charge on any atom is -0.542 e. The van der Waals surface area contributed by atoms with Crippen LogP contribution in [0.15, 0.2) is 83.7 Å². The Balaban J connectivity index is 0.000000559. The molecule has 2 N–H and O–H groups in total. The van der Waals surface area contributed by atoms with Gasteiger partial charge in [-0.1, -0.05) is 60.7 Å². The predicted octanol–water partition coefficient (Wildman–Crippen LogP) is 3.04. The molecule has 1 heterocycles. The minimum atomic E-state index is -5.19. The monoisotopic (exact) mass is 551 g/mol. The van der Waals surface area contributed by atoms with Crippen molar-refractivity contribution in [2.75, 3.05) is 20.2 Å². The first-order valence-corrected chi connectivity index (χ1v) is 12.5. The number of hydrogen-bond donors (Lipinski definition) is 1. The number of nitrogens with zero attached hydrogens (tertiary/aromatic N) is 2. The third-order valence-electron chi connectivity index (χ3n) is 6.15. The number of fused-ring (bicyclic) bond motifs is 1. The molecule has 0 saturated heterocycles. The highest BCUT2D eigenvalue weighted by Crippen LogP contribution is 2.32. The SMILES string of the molecule is COc1ccc2c(=O)n(CC[NH2+]CCCc3ccccc3)c(C#N)c(-c3ccccc3)c2c1.O=C([O-])C(F)(F)F. The number of aromatic nitrogens is 1. The number of pyridine rings is 1. The predicted molar refractivity (Wildman–Crippen MR) is 142 cm³/mol. The first-order chi connectivity index (χ1) is 19.2. The molecule has 0 aliphatic carbocycles. The maximum absolute atomic E-state index is 13.4. The number of ether oxygens (including phenoxy) is 1. The second kappa shape index (κ2) is 14.0. The molecule has 40 heavy (non-hydrogen) atoms. The maximum Gasteiger partial charge on any atom is 0.430 e. The van der Waals surface area contributed by atoms with Gasteiger partial charge in [0.25, 0.3) is 5.56 Å². The summed E-state index contributed by atoms with van der Waals surface area (Å²) in [6.07, 6.45) is -3.09. The number of aryl methyl sites for hydroxylation is 1. The average molecular weight is 552 g/mol. The molecule has 10 heteroatoms. The van der Waals surface area contributed by atoms with E-state index < -0.39 is 12.1 Å². The summed E-state index contributed by atoms with van der Waals surface area (Å²) >= 11 is 0. The van der Waals surface area contributed by atoms with E-state index in [1.54, 1.807) is 23.8 Å². The van der Waals surface area contributed by atoms with E-state index in [0.29, 0.717) is 23.4 Å². The highest BCUT2D eigenvalue weighted by Gasteiger charge is 2.28. The van der Waals surface area contributed by atoms with Crippen molar-refractivity contribution in [2.45, 2.75) is 25.6 Å². The Morgan fingerprint density at radius 2 is 1.62 bits per heavy atom. The second-order valence-corrected chi connectivity index (χ2v) is 8.81. The van der Waals surface area contributed by atoms with Gasteiger partial charge in [-0.15, -0.1) is 0 Å². The van der Waals surface area contributed by atoms with Crippen molar-refractivity contribution in [3.05, 3.63) is 100 Å². The normalized spacial score (nSPS) is 10.9. The molecule has 7 nitrogen and oxygen atoms in total. The molecule has 0 unspecified atom stereocenters. The molecule has 3 aromatic carbocycles. The van der Waals surface area contributed by atoms with E-state index in [2.05, 4.69) is 35.7 Å². The Bertz CT molecular complexity index is 1530. The number of quaternary nitrogens is 1. The molecule has 0 spiro atoms. The molecule has 0 aliphatic heterocycles. The molecule has 0 fully saturated rings. The van der Waals surface area contributed by atoms with Crippen LogP contribution < -0.4 is 20.7 Å². The number of aliphatic carboxylic acids is 1. The molecule has 0 saturated carbocycles. The summed E-state index contributed by atoms with van der Waals surface area (Å²) in [6.45, 7) is 2.19. The van der Waals surface area contributed by atoms with E-state index in [4.69, 9.17) is 14.6 Å². The quantitative estimate of drug-likeness (QED) is 0.322. The number of carboxylic acids is 1. The summed E-state index contributed by atoms with van der Waals surface area (Å²) in [7, 11) is 1.60. The van der Waals surface area contributed by atoms with Gasteiger partial charge in [-0.3, -0.25) is 9.36 Å². The molecule has 0 radical (unpaired) electrons. The number of methoxy groups -OCH3 is 1. The van der Waals surface area contributed by atoms with Crippen molar-refractivity contribution in [3.8, 4) is 22.9 Å². The molecular formula is C30H28F3N3O4. The van der Waals surface area contributed by atoms with Crippen molar-refractivity contribution in [3.63, 3.8) is 0 Å². The zero-order valence-electron chi connectivity index (χ0n) is 21.8. The fraction of sp³-hybridized carbons (Fsp3) is 0.233. The van der Waals surface area contributed by atoms with Crippen LogP contribution in [-0.2, 0) is 17.8 Å². The molecule has 4 rings (SSSR count). The molecule has 0 aliphatic rings. The number of nitrogens with two attached hydrogens (primary N) is 1. The van der Waals surface area contributed by atoms with E-state index in [-0.39, 0.29) is 5.56 Å². The van der Waals surface area contributed by atoms with Crippen molar-refractivity contribution in [2.24, 2.45) is 0 Å². The number of nitriles is 1. The Labute approximate surface area is 229 Å². The Kier molecular flexibility index (Phi) is 10.4. The van der Waals surface area contributed by atoms with Gasteiger partial charge in [0.15, 0.2) is 0 Å². The highest BCUT2D eigenvalue weighted by molar-refractivity contribution is 5.99. The third kappa shape index (κ3) is 7.71. The number of benzene rings is 3. The largest absolute Gasteiger partial charge is 0.542 e. The number of hydrogen-bond acceptors (Lipinski definition) is 5. The first-order valence-electron chi connectivity index (χ1n) is 12.5. The van der Waals surface area contributed by atoms with Gasteiger partial charge in [-0.25, -0.2) is 0 Å². The second-order valence-electron chi connectivity index (χ2n) is 8.81. The summed E-state index contributed by atoms with van der Waals surface area (Å²) in [4.78, 5) is 22.1. The van der Waals surface area contributed by atoms with Crippen molar-refractivity contribution >= 4 is 16.7 Å². The van der Waals surface area contributed by atoms with Crippen LogP contribution >= 0.6 is 0 Å². The summed E-state index contributed by atoms with van der Waals surface area (Å²) in [6, 6.07) is 28.0. The van der Waals surface area contributed by atoms with Gasteiger partial charge in [-0.05, 0) is 35.7 Å². The number of alkyl halides is 3. The number of carbonyl (C=O) groups excluding carboxylic acids is 1. The van der Waals surface area contributed by atoms with E-state index in [9.17, 15) is 23.2 Å². The van der Waals surface area contributed by atoms with E-state index in [0.717, 1.165) is 42.4 Å². The van der Waals surface area contributed by atoms with Crippen LogP contribution in [0.3, 0.4) is 0 Å². The molecular weight excluding hydrogens is 523 g/mol. The standard InChI is InChI=1S/C28H27N3O2.C2HF3O2/c1-33-23-14-15-24-25(19-23)27(22-12-6-3-7-13-22)26(20-29)31(28(24)32)18-17-30-16-8-11-21-9-4-2-5-10-21;3-2(4,5)1(6)7/h2-7,9-10,12-15,19,30H,8,11,16-18H2,1H3;(H,6,7). The minimum absolute atomic E-state index is 0.137. The van der Waals surface area contributed by atoms with Gasteiger partial charge >= 0.3 is 6.18 Å². The molecule has 0 amide bonds. The molecule has 1 aromatic heterocycles. The van der Waals surface area contributed by atoms with Crippen LogP contribution in [0.2, 0.25) is 0 Å². The number of carboxylic acid groups (broad SMARTS) is 1. The van der Waals surface area contributed by atoms with Gasteiger partial charge < -0.3 is 20.0 Å². The zero-order chi connectivity index (χ0) is 29.1. The van der Waals surface area contributed by atoms with Gasteiger partial charge in [0.1, 0.15) is 23.5 Å². The lowest BCUT2D eigenvalue weighted by Gasteiger charge is -2.16. The summed E-state index contributed by atoms with van der Waals surface area (Å²) in [5.74, 6) is -2.35. The van der Waals surface area contributed by atoms with Crippen LogP contribution in [0, 0.1) is 11.3 Å². The Morgan fingerprint density at radius 3 is 2.20 bits per heavy atom. The zero-order valence-corrected chi connectivity index (χ0v) is 21.8. The molecule has 208 valence electrons. The van der Waals surface area contributed by atoms with Crippen LogP contribution in [0.5, 0.6) is 5.75 Å². The molecule has 0 atom stereocenters. The number of halogens is 3. The smallest absolute Gasteiger partial charge is 0.430 e. The average Bonchev–Trinajstić information content (AvgIpc) is 2.96. The molecule has 0 bridgehead atoms. The van der Waals surface area contributed by atoms with E-state index in [1.807, 2.05) is 42.5 Å². The molecule has 4 aromatic rings. The third-order valence-corrected chi connectivity index (χ3v) is 6.15. The maximum atomic E-state index is 13.4. The lowest BCUT2D eigenvalue weighted by molar-refractivity contribution is -0.656. The number of carbonyl (C=O) groups is 1. The van der Waals surface area contributed by atoms with Crippen molar-refractivity contribution in [1.29, 1.82) is 5.26 Å². The van der Waals surface area contributed by atoms with Crippen LogP contribution in [0.25, 0.3) is 21.9 Å². The Hall–Kier alpha value is -4.62. The van der Waals surface area contributed by atoms with E-state index in [1.165, 1.54) is 5.56 Å². The summed E-state index contributed by atoms with van der Waals surface area (Å²) in [5.41, 5.74) is 3.28. The van der Waals surface area contributed by atoms with Gasteiger partial charge in [0.2, 0.25) is 0 Å². The van der Waals surface area contributed by atoms with Crippen molar-refractivity contribution in [1.82, 2.24) is 4.57 Å². The summed E-state index contributed by atoms with van der Waals surface area (Å²) in [5, 5.41) is 22.4. The van der Waals surface area contributed by atoms with Crippen LogP contribution in [0.4, 0.5) is 13.2 Å².